The van der Waals surface area contributed by atoms with E-state index in [0.29, 0.717) is 36.1 Å². The first-order valence-electron chi connectivity index (χ1n) is 12.1. The number of fused-ring (bicyclic) bond motifs is 1. The van der Waals surface area contributed by atoms with Gasteiger partial charge in [-0.1, -0.05) is 75.8 Å². The molecule has 2 aliphatic carbocycles. The average molecular weight is 468 g/mol. The van der Waals surface area contributed by atoms with E-state index in [1.165, 1.54) is 0 Å². The Balaban J connectivity index is 2.09. The minimum Gasteiger partial charge on any atom is -0.481 e. The highest BCUT2D eigenvalue weighted by molar-refractivity contribution is 6.07. The SMILES string of the molecule is C=C1NC(=O)C2=C1[C@@H](C(=O)O)C(C)(/C(C)=C/C=C/C=C/C(C)[C@H](O)CC)C1=C2[C@H](C)[C@H](O)CC1. The molecule has 0 fully saturated rings. The molecule has 3 rings (SSSR count). The van der Waals surface area contributed by atoms with Crippen molar-refractivity contribution in [2.45, 2.75) is 66.1 Å². The Kier molecular flexibility index (Phi) is 7.53. The summed E-state index contributed by atoms with van der Waals surface area (Å²) in [6.07, 6.45) is 10.3. The maximum atomic E-state index is 12.9. The van der Waals surface area contributed by atoms with Crippen LogP contribution in [0.3, 0.4) is 0 Å². The zero-order valence-corrected chi connectivity index (χ0v) is 20.8. The normalized spacial score (nSPS) is 31.7. The van der Waals surface area contributed by atoms with Gasteiger partial charge in [-0.15, -0.1) is 0 Å². The predicted octanol–water partition coefficient (Wildman–Crippen LogP) is 4.20. The van der Waals surface area contributed by atoms with Crippen molar-refractivity contribution in [2.24, 2.45) is 23.2 Å². The summed E-state index contributed by atoms with van der Waals surface area (Å²) >= 11 is 0. The highest BCUT2D eigenvalue weighted by atomic mass is 16.4. The Labute approximate surface area is 202 Å². The molecule has 1 aliphatic heterocycles. The van der Waals surface area contributed by atoms with Gasteiger partial charge >= 0.3 is 5.97 Å². The number of carbonyl (C=O) groups excluding carboxylic acids is 1. The number of aliphatic carboxylic acids is 1. The molecule has 2 unspecified atom stereocenters. The molecule has 4 N–H and O–H groups in total. The molecule has 0 aromatic rings. The van der Waals surface area contributed by atoms with E-state index in [1.807, 2.05) is 65.0 Å². The van der Waals surface area contributed by atoms with Gasteiger partial charge in [0.2, 0.25) is 0 Å². The van der Waals surface area contributed by atoms with E-state index in [2.05, 4.69) is 11.9 Å². The van der Waals surface area contributed by atoms with Crippen LogP contribution in [0.15, 0.2) is 70.5 Å². The molecular formula is C28H37NO5. The summed E-state index contributed by atoms with van der Waals surface area (Å²) in [6, 6.07) is 0. The minimum atomic E-state index is -1.00. The summed E-state index contributed by atoms with van der Waals surface area (Å²) in [4.78, 5) is 25.5. The fourth-order valence-corrected chi connectivity index (χ4v) is 5.66. The number of nitrogens with one attached hydrogen (secondary N) is 1. The van der Waals surface area contributed by atoms with Crippen molar-refractivity contribution >= 4 is 11.9 Å². The molecule has 1 heterocycles. The maximum Gasteiger partial charge on any atom is 0.312 e. The van der Waals surface area contributed by atoms with E-state index < -0.39 is 23.4 Å². The van der Waals surface area contributed by atoms with Crippen molar-refractivity contribution in [2.75, 3.05) is 0 Å². The highest BCUT2D eigenvalue weighted by Crippen LogP contribution is 2.58. The molecule has 0 aromatic carbocycles. The smallest absolute Gasteiger partial charge is 0.312 e. The van der Waals surface area contributed by atoms with Crippen LogP contribution in [0.25, 0.3) is 0 Å². The molecule has 0 aromatic heterocycles. The third-order valence-corrected chi connectivity index (χ3v) is 7.97. The van der Waals surface area contributed by atoms with Crippen LogP contribution in [-0.4, -0.2) is 39.4 Å². The fraction of sp³-hybridized carbons (Fsp3) is 0.500. The minimum absolute atomic E-state index is 0.0404. The van der Waals surface area contributed by atoms with Crippen LogP contribution in [0.4, 0.5) is 0 Å². The summed E-state index contributed by atoms with van der Waals surface area (Å²) in [6.45, 7) is 13.6. The van der Waals surface area contributed by atoms with Crippen molar-refractivity contribution in [3.63, 3.8) is 0 Å². The zero-order chi connectivity index (χ0) is 25.4. The van der Waals surface area contributed by atoms with Crippen LogP contribution < -0.4 is 5.32 Å². The molecule has 0 spiro atoms. The van der Waals surface area contributed by atoms with Crippen LogP contribution in [0.1, 0.15) is 53.9 Å². The van der Waals surface area contributed by atoms with E-state index in [4.69, 9.17) is 0 Å². The van der Waals surface area contributed by atoms with Gasteiger partial charge in [0.25, 0.3) is 5.91 Å². The topological polar surface area (TPSA) is 107 Å². The standard InChI is InChI=1S/C28H37NO5/c1-7-20(30)15(2)11-9-8-10-12-16(3)28(6)19-13-14-21(31)17(4)22(19)24-23(25(28)27(33)34)18(5)29-26(24)32/h8-12,15,17,20-21,25,30-31H,5,7,13-14H2,1-4,6H3,(H,29,32)(H,33,34)/b10-8+,11-9+,16-12+/t15?,17-,20-,21-,25+,28?/m1/s1. The Hall–Kier alpha value is -2.70. The van der Waals surface area contributed by atoms with Gasteiger partial charge in [-0.2, -0.15) is 0 Å². The number of carboxylic acid groups (broad SMARTS) is 1. The molecule has 6 heteroatoms. The summed E-state index contributed by atoms with van der Waals surface area (Å²) in [5, 5.41) is 33.6. The molecule has 184 valence electrons. The van der Waals surface area contributed by atoms with Gasteiger partial charge in [-0.05, 0) is 31.8 Å². The Morgan fingerprint density at radius 3 is 2.59 bits per heavy atom. The lowest BCUT2D eigenvalue weighted by Gasteiger charge is -2.47. The molecule has 3 aliphatic rings. The van der Waals surface area contributed by atoms with Crippen LogP contribution >= 0.6 is 0 Å². The van der Waals surface area contributed by atoms with E-state index >= 15 is 0 Å². The Morgan fingerprint density at radius 1 is 1.29 bits per heavy atom. The summed E-state index contributed by atoms with van der Waals surface area (Å²) in [5.74, 6) is -2.54. The van der Waals surface area contributed by atoms with Gasteiger partial charge < -0.3 is 20.6 Å². The number of hydrogen-bond donors (Lipinski definition) is 4. The molecule has 34 heavy (non-hydrogen) atoms. The van der Waals surface area contributed by atoms with Gasteiger partial charge in [0.15, 0.2) is 0 Å². The van der Waals surface area contributed by atoms with Crippen LogP contribution in [0, 0.1) is 23.2 Å². The predicted molar refractivity (Wildman–Crippen MR) is 132 cm³/mol. The maximum absolute atomic E-state index is 12.9. The van der Waals surface area contributed by atoms with Crippen LogP contribution in [-0.2, 0) is 9.59 Å². The number of amides is 1. The molecular weight excluding hydrogens is 430 g/mol. The monoisotopic (exact) mass is 467 g/mol. The van der Waals surface area contributed by atoms with Gasteiger partial charge in [0.05, 0.1) is 18.1 Å². The number of carbonyl (C=O) groups is 2. The van der Waals surface area contributed by atoms with Gasteiger partial charge in [0.1, 0.15) is 0 Å². The quantitative estimate of drug-likeness (QED) is 0.420. The third kappa shape index (κ3) is 4.25. The first-order chi connectivity index (χ1) is 16.0. The fourth-order valence-electron chi connectivity index (χ4n) is 5.66. The first kappa shape index (κ1) is 25.9. The van der Waals surface area contributed by atoms with Crippen LogP contribution in [0.2, 0.25) is 0 Å². The number of allylic oxidation sites excluding steroid dienone is 7. The van der Waals surface area contributed by atoms with Gasteiger partial charge in [-0.3, -0.25) is 9.59 Å². The molecule has 6 nitrogen and oxygen atoms in total. The van der Waals surface area contributed by atoms with Crippen molar-refractivity contribution in [3.8, 4) is 0 Å². The zero-order valence-electron chi connectivity index (χ0n) is 20.8. The lowest BCUT2D eigenvalue weighted by molar-refractivity contribution is -0.143. The van der Waals surface area contributed by atoms with E-state index in [-0.39, 0.29) is 23.8 Å². The van der Waals surface area contributed by atoms with E-state index in [9.17, 15) is 24.9 Å². The van der Waals surface area contributed by atoms with Gasteiger partial charge in [-0.25, -0.2) is 0 Å². The number of aliphatic hydroxyl groups is 2. The van der Waals surface area contributed by atoms with E-state index in [0.717, 1.165) is 16.7 Å². The lowest BCUT2D eigenvalue weighted by atomic mass is 9.55. The first-order valence-corrected chi connectivity index (χ1v) is 12.1. The number of hydrogen-bond acceptors (Lipinski definition) is 4. The molecule has 0 radical (unpaired) electrons. The second-order valence-electron chi connectivity index (χ2n) is 9.94. The summed E-state index contributed by atoms with van der Waals surface area (Å²) in [7, 11) is 0. The largest absolute Gasteiger partial charge is 0.481 e. The number of aliphatic hydroxyl groups excluding tert-OH is 2. The average Bonchev–Trinajstić information content (AvgIpc) is 3.07. The highest BCUT2D eigenvalue weighted by Gasteiger charge is 2.55. The summed E-state index contributed by atoms with van der Waals surface area (Å²) in [5.41, 5.74) is 2.81. The molecule has 6 atom stereocenters. The van der Waals surface area contributed by atoms with Crippen molar-refractivity contribution < 1.29 is 24.9 Å². The Bertz CT molecular complexity index is 1040. The van der Waals surface area contributed by atoms with Crippen molar-refractivity contribution in [1.82, 2.24) is 5.32 Å². The van der Waals surface area contributed by atoms with Crippen molar-refractivity contribution in [1.29, 1.82) is 0 Å². The number of carboxylic acids is 1. The molecule has 0 bridgehead atoms. The van der Waals surface area contributed by atoms with E-state index in [1.54, 1.807) is 0 Å². The summed E-state index contributed by atoms with van der Waals surface area (Å²) < 4.78 is 0. The molecule has 0 saturated carbocycles. The van der Waals surface area contributed by atoms with Crippen LogP contribution in [0.5, 0.6) is 0 Å². The second kappa shape index (κ2) is 9.88. The second-order valence-corrected chi connectivity index (χ2v) is 9.94. The number of rotatable bonds is 7. The van der Waals surface area contributed by atoms with Crippen molar-refractivity contribution in [3.05, 3.63) is 70.5 Å². The van der Waals surface area contributed by atoms with Gasteiger partial charge in [0, 0.05) is 34.1 Å². The molecule has 0 saturated heterocycles. The molecule has 1 amide bonds. The third-order valence-electron chi connectivity index (χ3n) is 7.97. The lowest BCUT2D eigenvalue weighted by Crippen LogP contribution is -2.44. The Morgan fingerprint density at radius 2 is 1.97 bits per heavy atom.